The Kier molecular flexibility index (Phi) is 5.72. The van der Waals surface area contributed by atoms with Gasteiger partial charge in [-0.2, -0.15) is 21.6 Å². The van der Waals surface area contributed by atoms with Crippen LogP contribution in [-0.4, -0.2) is 42.9 Å². The molecule has 7 nitrogen and oxygen atoms in total. The first kappa shape index (κ1) is 18.9. The number of esters is 2. The lowest BCUT2D eigenvalue weighted by Crippen LogP contribution is -2.39. The van der Waals surface area contributed by atoms with Gasteiger partial charge in [-0.1, -0.05) is 0 Å². The van der Waals surface area contributed by atoms with Gasteiger partial charge in [0.2, 0.25) is 6.10 Å². The number of hydrogen-bond donors (Lipinski definition) is 1. The van der Waals surface area contributed by atoms with Crippen molar-refractivity contribution in [3.8, 4) is 5.75 Å². The zero-order chi connectivity index (χ0) is 17.8. The number of benzene rings is 1. The SMILES string of the molecule is CC(=O)Oc1ccc(C(=O)OC(CS(=O)(=O)O)C(F)(F)F)cc1. The predicted octanol–water partition coefficient (Wildman–Crippen LogP) is 1.59. The van der Waals surface area contributed by atoms with Crippen molar-refractivity contribution in [2.45, 2.75) is 19.2 Å². The summed E-state index contributed by atoms with van der Waals surface area (Å²) < 4.78 is 76.3. The Balaban J connectivity index is 2.88. The molecule has 0 bridgehead atoms. The summed E-state index contributed by atoms with van der Waals surface area (Å²) in [4.78, 5) is 22.3. The third-order valence-electron chi connectivity index (χ3n) is 2.33. The van der Waals surface area contributed by atoms with E-state index in [0.717, 1.165) is 31.2 Å². The second-order valence-corrected chi connectivity index (χ2v) is 5.80. The summed E-state index contributed by atoms with van der Waals surface area (Å²) in [5, 5.41) is 0. The predicted molar refractivity (Wildman–Crippen MR) is 69.4 cm³/mol. The monoisotopic (exact) mass is 356 g/mol. The minimum Gasteiger partial charge on any atom is -0.448 e. The van der Waals surface area contributed by atoms with Gasteiger partial charge in [-0.3, -0.25) is 9.35 Å². The fraction of sp³-hybridized carbons (Fsp3) is 0.333. The van der Waals surface area contributed by atoms with E-state index in [0.29, 0.717) is 0 Å². The molecule has 0 saturated heterocycles. The second-order valence-electron chi connectivity index (χ2n) is 4.30. The highest BCUT2D eigenvalue weighted by Gasteiger charge is 2.45. The molecule has 1 aromatic rings. The molecule has 0 spiro atoms. The van der Waals surface area contributed by atoms with Crippen LogP contribution in [0.3, 0.4) is 0 Å². The van der Waals surface area contributed by atoms with Gasteiger partial charge in [0, 0.05) is 6.92 Å². The van der Waals surface area contributed by atoms with Crippen LogP contribution >= 0.6 is 0 Å². The van der Waals surface area contributed by atoms with Crippen molar-refractivity contribution >= 4 is 22.1 Å². The van der Waals surface area contributed by atoms with E-state index in [9.17, 15) is 31.2 Å². The number of ether oxygens (including phenoxy) is 2. The maximum Gasteiger partial charge on any atom is 0.426 e. The minimum atomic E-state index is -5.18. The van der Waals surface area contributed by atoms with E-state index in [1.165, 1.54) is 0 Å². The molecule has 1 N–H and O–H groups in total. The van der Waals surface area contributed by atoms with E-state index < -0.39 is 40.1 Å². The molecule has 11 heteroatoms. The smallest absolute Gasteiger partial charge is 0.426 e. The van der Waals surface area contributed by atoms with E-state index in [-0.39, 0.29) is 11.3 Å². The molecule has 128 valence electrons. The molecule has 0 radical (unpaired) electrons. The van der Waals surface area contributed by atoms with Gasteiger partial charge in [-0.25, -0.2) is 4.79 Å². The Morgan fingerprint density at radius 3 is 2.13 bits per heavy atom. The molecule has 0 aromatic heterocycles. The highest BCUT2D eigenvalue weighted by molar-refractivity contribution is 7.85. The Morgan fingerprint density at radius 1 is 1.22 bits per heavy atom. The Morgan fingerprint density at radius 2 is 1.74 bits per heavy atom. The summed E-state index contributed by atoms with van der Waals surface area (Å²) in [7, 11) is -5.01. The molecule has 1 unspecified atom stereocenters. The standard InChI is InChI=1S/C12H11F3O7S/c1-7(16)21-9-4-2-8(3-5-9)11(17)22-10(12(13,14)15)6-23(18,19)20/h2-5,10H,6H2,1H3,(H,18,19,20). The lowest BCUT2D eigenvalue weighted by atomic mass is 10.2. The molecule has 0 heterocycles. The lowest BCUT2D eigenvalue weighted by molar-refractivity contribution is -0.197. The molecule has 0 aliphatic heterocycles. The molecule has 0 saturated carbocycles. The van der Waals surface area contributed by atoms with Gasteiger partial charge >= 0.3 is 18.1 Å². The Labute approximate surface area is 128 Å². The highest BCUT2D eigenvalue weighted by Crippen LogP contribution is 2.25. The van der Waals surface area contributed by atoms with Crippen molar-refractivity contribution in [1.29, 1.82) is 0 Å². The number of hydrogen-bond acceptors (Lipinski definition) is 6. The third kappa shape index (κ3) is 6.65. The molecule has 23 heavy (non-hydrogen) atoms. The summed E-state index contributed by atoms with van der Waals surface area (Å²) in [6.45, 7) is 1.13. The average Bonchev–Trinajstić information content (AvgIpc) is 2.35. The van der Waals surface area contributed by atoms with E-state index in [1.54, 1.807) is 0 Å². The molecule has 1 rings (SSSR count). The fourth-order valence-corrected chi connectivity index (χ4v) is 2.05. The summed E-state index contributed by atoms with van der Waals surface area (Å²) in [6.07, 6.45) is -8.19. The second kappa shape index (κ2) is 6.96. The molecule has 0 amide bonds. The average molecular weight is 356 g/mol. The van der Waals surface area contributed by atoms with Crippen LogP contribution in [-0.2, 0) is 19.6 Å². The van der Waals surface area contributed by atoms with Gasteiger partial charge in [-0.05, 0) is 24.3 Å². The van der Waals surface area contributed by atoms with Gasteiger partial charge in [0.25, 0.3) is 10.1 Å². The fourth-order valence-electron chi connectivity index (χ4n) is 1.41. The van der Waals surface area contributed by atoms with E-state index in [1.807, 2.05) is 0 Å². The van der Waals surface area contributed by atoms with Gasteiger partial charge in [0.05, 0.1) is 5.56 Å². The van der Waals surface area contributed by atoms with Crippen LogP contribution in [0.25, 0.3) is 0 Å². The molecule has 1 atom stereocenters. The number of halogens is 3. The van der Waals surface area contributed by atoms with E-state index >= 15 is 0 Å². The minimum absolute atomic E-state index is 0.0550. The van der Waals surface area contributed by atoms with Crippen molar-refractivity contribution in [3.05, 3.63) is 29.8 Å². The molecule has 0 fully saturated rings. The van der Waals surface area contributed by atoms with Crippen molar-refractivity contribution in [2.75, 3.05) is 5.75 Å². The molecule has 0 aliphatic carbocycles. The lowest BCUT2D eigenvalue weighted by Gasteiger charge is -2.19. The van der Waals surface area contributed by atoms with E-state index in [4.69, 9.17) is 4.55 Å². The van der Waals surface area contributed by atoms with Gasteiger partial charge in [-0.15, -0.1) is 0 Å². The normalized spacial score (nSPS) is 13.3. The number of carbonyl (C=O) groups excluding carboxylic acids is 2. The van der Waals surface area contributed by atoms with E-state index in [2.05, 4.69) is 9.47 Å². The van der Waals surface area contributed by atoms with Crippen molar-refractivity contribution in [3.63, 3.8) is 0 Å². The molecular weight excluding hydrogens is 345 g/mol. The zero-order valence-electron chi connectivity index (χ0n) is 11.5. The van der Waals surface area contributed by atoms with Crippen molar-refractivity contribution in [2.24, 2.45) is 0 Å². The van der Waals surface area contributed by atoms with Crippen LogP contribution in [0, 0.1) is 0 Å². The summed E-state index contributed by atoms with van der Waals surface area (Å²) >= 11 is 0. The number of rotatable bonds is 5. The first-order chi connectivity index (χ1) is 10.4. The van der Waals surface area contributed by atoms with Gasteiger partial charge < -0.3 is 9.47 Å². The Bertz CT molecular complexity index is 680. The largest absolute Gasteiger partial charge is 0.448 e. The number of carbonyl (C=O) groups is 2. The van der Waals surface area contributed by atoms with Crippen LogP contribution in [0.4, 0.5) is 13.2 Å². The molecule has 0 aliphatic rings. The van der Waals surface area contributed by atoms with Crippen LogP contribution in [0.5, 0.6) is 5.75 Å². The zero-order valence-corrected chi connectivity index (χ0v) is 12.3. The molecular formula is C12H11F3O7S. The third-order valence-corrected chi connectivity index (χ3v) is 3.05. The van der Waals surface area contributed by atoms with Gasteiger partial charge in [0.1, 0.15) is 11.5 Å². The van der Waals surface area contributed by atoms with Crippen LogP contribution < -0.4 is 4.74 Å². The molecule has 1 aromatic carbocycles. The highest BCUT2D eigenvalue weighted by atomic mass is 32.2. The summed E-state index contributed by atoms with van der Waals surface area (Å²) in [5.41, 5.74) is -0.328. The maximum absolute atomic E-state index is 12.6. The van der Waals surface area contributed by atoms with Crippen LogP contribution in [0.1, 0.15) is 17.3 Å². The Hall–Kier alpha value is -2.14. The quantitative estimate of drug-likeness (QED) is 0.485. The van der Waals surface area contributed by atoms with Crippen LogP contribution in [0.2, 0.25) is 0 Å². The topological polar surface area (TPSA) is 107 Å². The van der Waals surface area contributed by atoms with Crippen molar-refractivity contribution < 1.29 is 45.2 Å². The number of alkyl halides is 3. The first-order valence-corrected chi connectivity index (χ1v) is 7.51. The van der Waals surface area contributed by atoms with Gasteiger partial charge in [0.15, 0.2) is 0 Å². The van der Waals surface area contributed by atoms with Crippen LogP contribution in [0.15, 0.2) is 24.3 Å². The summed E-state index contributed by atoms with van der Waals surface area (Å²) in [5.74, 6) is -3.84. The first-order valence-electron chi connectivity index (χ1n) is 5.90. The van der Waals surface area contributed by atoms with Crippen molar-refractivity contribution in [1.82, 2.24) is 0 Å². The summed E-state index contributed by atoms with van der Waals surface area (Å²) in [6, 6.07) is 4.34. The maximum atomic E-state index is 12.6.